The Bertz CT molecular complexity index is 671. The van der Waals surface area contributed by atoms with Crippen LogP contribution in [0.5, 0.6) is 5.75 Å². The Morgan fingerprint density at radius 2 is 1.32 bits per heavy atom. The summed E-state index contributed by atoms with van der Waals surface area (Å²) < 4.78 is 5.89. The van der Waals surface area contributed by atoms with Crippen LogP contribution >= 0.6 is 0 Å². The molecule has 2 heteroatoms. The highest BCUT2D eigenvalue weighted by Gasteiger charge is 2.08. The summed E-state index contributed by atoms with van der Waals surface area (Å²) in [6.07, 6.45) is 15.0. The number of piperidine rings is 1. The molecule has 0 radical (unpaired) electrons. The van der Waals surface area contributed by atoms with Crippen LogP contribution in [0.25, 0.3) is 12.2 Å². The second-order valence-electron chi connectivity index (χ2n) is 7.83. The van der Waals surface area contributed by atoms with Crippen molar-refractivity contribution < 1.29 is 4.74 Å². The maximum absolute atomic E-state index is 5.89. The molecule has 1 heterocycles. The molecule has 28 heavy (non-hydrogen) atoms. The second kappa shape index (κ2) is 12.4. The Morgan fingerprint density at radius 3 is 2.07 bits per heavy atom. The van der Waals surface area contributed by atoms with Crippen molar-refractivity contribution in [2.45, 2.75) is 51.4 Å². The van der Waals surface area contributed by atoms with Crippen molar-refractivity contribution >= 4 is 12.2 Å². The summed E-state index contributed by atoms with van der Waals surface area (Å²) in [4.78, 5) is 2.64. The average Bonchev–Trinajstić information content (AvgIpc) is 2.76. The number of unbranched alkanes of at least 4 members (excludes halogenated alkanes) is 4. The third kappa shape index (κ3) is 7.90. The minimum Gasteiger partial charge on any atom is -0.494 e. The third-order valence-corrected chi connectivity index (χ3v) is 5.48. The van der Waals surface area contributed by atoms with Crippen LogP contribution in [0.15, 0.2) is 54.6 Å². The van der Waals surface area contributed by atoms with Gasteiger partial charge in [-0.05, 0) is 68.6 Å². The highest BCUT2D eigenvalue weighted by Crippen LogP contribution is 2.16. The van der Waals surface area contributed by atoms with Gasteiger partial charge < -0.3 is 9.64 Å². The molecule has 3 rings (SSSR count). The molecule has 1 fully saturated rings. The van der Waals surface area contributed by atoms with E-state index in [1.165, 1.54) is 75.7 Å². The first-order valence-electron chi connectivity index (χ1n) is 11.1. The lowest BCUT2D eigenvalue weighted by Gasteiger charge is -2.26. The summed E-state index contributed by atoms with van der Waals surface area (Å²) >= 11 is 0. The number of hydrogen-bond acceptors (Lipinski definition) is 2. The fraction of sp³-hybridized carbons (Fsp3) is 0.462. The molecule has 0 atom stereocenters. The van der Waals surface area contributed by atoms with Gasteiger partial charge in [0.05, 0.1) is 6.61 Å². The molecule has 1 saturated heterocycles. The number of ether oxygens (including phenoxy) is 1. The zero-order valence-corrected chi connectivity index (χ0v) is 17.2. The van der Waals surface area contributed by atoms with E-state index in [2.05, 4.69) is 65.6 Å². The average molecular weight is 378 g/mol. The van der Waals surface area contributed by atoms with Crippen molar-refractivity contribution in [3.63, 3.8) is 0 Å². The van der Waals surface area contributed by atoms with Crippen LogP contribution in [0.3, 0.4) is 0 Å². The van der Waals surface area contributed by atoms with Crippen LogP contribution in [0, 0.1) is 0 Å². The number of likely N-dealkylation sites (tertiary alicyclic amines) is 1. The van der Waals surface area contributed by atoms with Crippen molar-refractivity contribution in [2.75, 3.05) is 26.2 Å². The first-order chi connectivity index (χ1) is 13.9. The number of hydrogen-bond donors (Lipinski definition) is 0. The predicted octanol–water partition coefficient (Wildman–Crippen LogP) is 6.67. The molecular weight excluding hydrogens is 342 g/mol. The third-order valence-electron chi connectivity index (χ3n) is 5.48. The van der Waals surface area contributed by atoms with Gasteiger partial charge in [-0.3, -0.25) is 0 Å². The zero-order valence-electron chi connectivity index (χ0n) is 17.2. The lowest BCUT2D eigenvalue weighted by Crippen LogP contribution is -2.30. The van der Waals surface area contributed by atoms with Gasteiger partial charge in [-0.1, -0.05) is 80.3 Å². The van der Waals surface area contributed by atoms with E-state index in [1.54, 1.807) is 0 Å². The standard InChI is InChI=1S/C26H35NO/c1(2-8-20-27-21-9-5-10-22-27)3-11-23-28-26-18-16-25(17-19-26)15-14-24-12-6-4-7-13-24/h4,6-7,12-19H,1-3,5,8-11,20-23H2. The summed E-state index contributed by atoms with van der Waals surface area (Å²) in [5, 5.41) is 0. The molecule has 2 aromatic carbocycles. The molecular formula is C26H35NO. The van der Waals surface area contributed by atoms with Gasteiger partial charge in [-0.25, -0.2) is 0 Å². The highest BCUT2D eigenvalue weighted by molar-refractivity contribution is 5.69. The summed E-state index contributed by atoms with van der Waals surface area (Å²) in [7, 11) is 0. The van der Waals surface area contributed by atoms with Gasteiger partial charge in [-0.15, -0.1) is 0 Å². The van der Waals surface area contributed by atoms with Crippen LogP contribution in [-0.4, -0.2) is 31.1 Å². The number of nitrogens with zero attached hydrogens (tertiary/aromatic N) is 1. The lowest BCUT2D eigenvalue weighted by atomic mass is 10.1. The van der Waals surface area contributed by atoms with Crippen LogP contribution in [0.1, 0.15) is 62.5 Å². The predicted molar refractivity (Wildman–Crippen MR) is 121 cm³/mol. The molecule has 0 N–H and O–H groups in total. The van der Waals surface area contributed by atoms with Gasteiger partial charge in [0.1, 0.15) is 5.75 Å². The molecule has 0 bridgehead atoms. The van der Waals surface area contributed by atoms with E-state index >= 15 is 0 Å². The molecule has 0 aromatic heterocycles. The van der Waals surface area contributed by atoms with Crippen molar-refractivity contribution in [1.82, 2.24) is 4.90 Å². The van der Waals surface area contributed by atoms with Gasteiger partial charge in [-0.2, -0.15) is 0 Å². The molecule has 0 spiro atoms. The van der Waals surface area contributed by atoms with E-state index in [0.717, 1.165) is 18.8 Å². The van der Waals surface area contributed by atoms with Crippen molar-refractivity contribution in [1.29, 1.82) is 0 Å². The molecule has 0 aliphatic carbocycles. The Morgan fingerprint density at radius 1 is 0.679 bits per heavy atom. The molecule has 150 valence electrons. The Kier molecular flexibility index (Phi) is 9.16. The summed E-state index contributed by atoms with van der Waals surface area (Å²) in [6, 6.07) is 18.8. The van der Waals surface area contributed by atoms with Crippen LogP contribution in [-0.2, 0) is 0 Å². The monoisotopic (exact) mass is 377 g/mol. The topological polar surface area (TPSA) is 12.5 Å². The van der Waals surface area contributed by atoms with Gasteiger partial charge in [0.25, 0.3) is 0 Å². The van der Waals surface area contributed by atoms with Crippen molar-refractivity contribution in [3.05, 3.63) is 65.7 Å². The highest BCUT2D eigenvalue weighted by atomic mass is 16.5. The van der Waals surface area contributed by atoms with E-state index in [9.17, 15) is 0 Å². The van der Waals surface area contributed by atoms with Crippen LogP contribution in [0.2, 0.25) is 0 Å². The van der Waals surface area contributed by atoms with E-state index in [-0.39, 0.29) is 0 Å². The summed E-state index contributed by atoms with van der Waals surface area (Å²) in [5.41, 5.74) is 2.42. The number of benzene rings is 2. The Labute approximate surface area is 171 Å². The molecule has 1 aliphatic rings. The van der Waals surface area contributed by atoms with E-state index in [1.807, 2.05) is 6.07 Å². The molecule has 2 nitrogen and oxygen atoms in total. The second-order valence-corrected chi connectivity index (χ2v) is 7.83. The maximum atomic E-state index is 5.89. The lowest BCUT2D eigenvalue weighted by molar-refractivity contribution is 0.223. The maximum Gasteiger partial charge on any atom is 0.119 e. The van der Waals surface area contributed by atoms with Gasteiger partial charge in [0.2, 0.25) is 0 Å². The number of rotatable bonds is 11. The van der Waals surface area contributed by atoms with E-state index < -0.39 is 0 Å². The molecule has 1 aliphatic heterocycles. The minimum atomic E-state index is 0.825. The van der Waals surface area contributed by atoms with Gasteiger partial charge in [0.15, 0.2) is 0 Å². The van der Waals surface area contributed by atoms with Crippen LogP contribution in [0.4, 0.5) is 0 Å². The van der Waals surface area contributed by atoms with Gasteiger partial charge in [0, 0.05) is 0 Å². The van der Waals surface area contributed by atoms with Crippen LogP contribution < -0.4 is 4.74 Å². The molecule has 0 saturated carbocycles. The summed E-state index contributed by atoms with van der Waals surface area (Å²) in [5.74, 6) is 0.974. The zero-order chi connectivity index (χ0) is 19.3. The van der Waals surface area contributed by atoms with Crippen molar-refractivity contribution in [3.8, 4) is 5.75 Å². The summed E-state index contributed by atoms with van der Waals surface area (Å²) in [6.45, 7) is 4.79. The van der Waals surface area contributed by atoms with Gasteiger partial charge >= 0.3 is 0 Å². The normalized spacial score (nSPS) is 15.1. The Balaban J connectivity index is 1.23. The first kappa shape index (κ1) is 20.7. The molecule has 2 aromatic rings. The van der Waals surface area contributed by atoms with E-state index in [4.69, 9.17) is 4.74 Å². The van der Waals surface area contributed by atoms with Crippen molar-refractivity contribution in [2.24, 2.45) is 0 Å². The largest absolute Gasteiger partial charge is 0.494 e. The first-order valence-corrected chi connectivity index (χ1v) is 11.1. The minimum absolute atomic E-state index is 0.825. The fourth-order valence-corrected chi connectivity index (χ4v) is 3.77. The fourth-order valence-electron chi connectivity index (χ4n) is 3.77. The SMILES string of the molecule is C(=Cc1ccc(OCCCCCCCN2CCCCC2)cc1)c1ccccc1. The smallest absolute Gasteiger partial charge is 0.119 e. The Hall–Kier alpha value is -2.06. The molecule has 0 amide bonds. The van der Waals surface area contributed by atoms with E-state index in [0.29, 0.717) is 0 Å². The quantitative estimate of drug-likeness (QED) is 0.320. The molecule has 0 unspecified atom stereocenters.